The van der Waals surface area contributed by atoms with Gasteiger partial charge in [-0.15, -0.1) is 0 Å². The maximum absolute atomic E-state index is 12.5. The van der Waals surface area contributed by atoms with Crippen LogP contribution in [0.5, 0.6) is 5.75 Å². The molecule has 0 fully saturated rings. The number of benzene rings is 2. The Labute approximate surface area is 198 Å². The Balaban J connectivity index is 0.000000461. The Morgan fingerprint density at radius 3 is 1.36 bits per heavy atom. The van der Waals surface area contributed by atoms with Crippen LogP contribution in [0.1, 0.15) is 84.3 Å². The molecule has 0 amide bonds. The van der Waals surface area contributed by atoms with E-state index in [1.807, 2.05) is 65.8 Å². The molecule has 0 radical (unpaired) electrons. The van der Waals surface area contributed by atoms with Gasteiger partial charge in [-0.05, 0) is 104 Å². The molecule has 5 nitrogen and oxygen atoms in total. The van der Waals surface area contributed by atoms with E-state index in [1.54, 1.807) is 27.7 Å². The van der Waals surface area contributed by atoms with Crippen LogP contribution in [0.25, 0.3) is 0 Å². The van der Waals surface area contributed by atoms with Crippen molar-refractivity contribution in [2.75, 3.05) is 0 Å². The number of Topliss-reactive ketones (excluding diaryl/α,β-unsaturated/α-hetero) is 1. The molecule has 0 saturated heterocycles. The summed E-state index contributed by atoms with van der Waals surface area (Å²) in [5, 5.41) is 18.5. The molecule has 0 bridgehead atoms. The van der Waals surface area contributed by atoms with E-state index in [9.17, 15) is 19.8 Å². The molecule has 182 valence electrons. The Kier molecular flexibility index (Phi) is 9.58. The van der Waals surface area contributed by atoms with Crippen molar-refractivity contribution < 1.29 is 24.5 Å². The first kappa shape index (κ1) is 28.5. The minimum Gasteiger partial charge on any atom is -0.420 e. The Morgan fingerprint density at radius 2 is 1.03 bits per heavy atom. The third-order valence-electron chi connectivity index (χ3n) is 5.24. The monoisotopic (exact) mass is 456 g/mol. The maximum Gasteiger partial charge on any atom is 0.385 e. The van der Waals surface area contributed by atoms with Gasteiger partial charge in [-0.3, -0.25) is 4.79 Å². The lowest BCUT2D eigenvalue weighted by Gasteiger charge is -2.23. The van der Waals surface area contributed by atoms with Crippen LogP contribution < -0.4 is 4.74 Å². The number of esters is 1. The van der Waals surface area contributed by atoms with Gasteiger partial charge >= 0.3 is 5.97 Å². The number of hydrogen-bond acceptors (Lipinski definition) is 5. The Hall–Kier alpha value is -2.50. The van der Waals surface area contributed by atoms with Gasteiger partial charge in [0.2, 0.25) is 0 Å². The average Bonchev–Trinajstić information content (AvgIpc) is 2.61. The van der Waals surface area contributed by atoms with Crippen LogP contribution in [-0.2, 0) is 4.79 Å². The zero-order chi connectivity index (χ0) is 25.7. The molecular formula is C28H40O5. The lowest BCUT2D eigenvalue weighted by molar-refractivity contribution is -0.129. The van der Waals surface area contributed by atoms with Crippen LogP contribution in [-0.4, -0.2) is 33.2 Å². The number of hydrogen-bond donors (Lipinski definition) is 2. The Morgan fingerprint density at radius 1 is 0.697 bits per heavy atom. The molecule has 2 N–H and O–H groups in total. The predicted octanol–water partition coefficient (Wildman–Crippen LogP) is 5.63. The van der Waals surface area contributed by atoms with Crippen LogP contribution in [0.3, 0.4) is 0 Å². The molecule has 2 aromatic rings. The summed E-state index contributed by atoms with van der Waals surface area (Å²) in [6.45, 7) is 18.4. The zero-order valence-electron chi connectivity index (χ0n) is 21.8. The number of aryl methyl sites for hydroxylation is 6. The summed E-state index contributed by atoms with van der Waals surface area (Å²) < 4.78 is 5.40. The number of carbonyl (C=O) groups excluding carboxylic acids is 2. The van der Waals surface area contributed by atoms with Crippen molar-refractivity contribution in [1.29, 1.82) is 0 Å². The summed E-state index contributed by atoms with van der Waals surface area (Å²) in [6.07, 6.45) is 1.27. The van der Waals surface area contributed by atoms with Gasteiger partial charge in [0.15, 0.2) is 0 Å². The second-order valence-electron chi connectivity index (χ2n) is 10.3. The van der Waals surface area contributed by atoms with Crippen molar-refractivity contribution in [2.45, 2.75) is 93.3 Å². The van der Waals surface area contributed by atoms with Gasteiger partial charge in [-0.25, -0.2) is 4.79 Å². The Bertz CT molecular complexity index is 944. The van der Waals surface area contributed by atoms with Crippen molar-refractivity contribution in [3.05, 3.63) is 63.2 Å². The quantitative estimate of drug-likeness (QED) is 0.255. The molecule has 0 unspecified atom stereocenters. The number of rotatable bonds is 6. The van der Waals surface area contributed by atoms with Gasteiger partial charge in [0.25, 0.3) is 5.78 Å². The van der Waals surface area contributed by atoms with Crippen molar-refractivity contribution in [3.8, 4) is 5.75 Å². The van der Waals surface area contributed by atoms with Crippen LogP contribution in [0.4, 0.5) is 0 Å². The molecule has 5 heteroatoms. The second kappa shape index (κ2) is 11.1. The van der Waals surface area contributed by atoms with E-state index >= 15 is 0 Å². The van der Waals surface area contributed by atoms with Crippen molar-refractivity contribution in [2.24, 2.45) is 0 Å². The van der Waals surface area contributed by atoms with Crippen molar-refractivity contribution in [1.82, 2.24) is 0 Å². The van der Waals surface area contributed by atoms with Crippen LogP contribution in [0.2, 0.25) is 0 Å². The summed E-state index contributed by atoms with van der Waals surface area (Å²) in [5.74, 6) is -0.967. The SMILES string of the molecule is CC(C)(O)CCC(C)(C)O.Cc1cc(C)c(OC(=O)C(=O)c2c(C)cc(C)cc2C)c(C)c1. The fourth-order valence-corrected chi connectivity index (χ4v) is 3.72. The minimum absolute atomic E-state index is 0.433. The molecule has 0 aromatic heterocycles. The fourth-order valence-electron chi connectivity index (χ4n) is 3.72. The zero-order valence-corrected chi connectivity index (χ0v) is 21.8. The number of aliphatic hydroxyl groups is 2. The van der Waals surface area contributed by atoms with E-state index in [0.29, 0.717) is 24.2 Å². The highest BCUT2D eigenvalue weighted by atomic mass is 16.5. The van der Waals surface area contributed by atoms with Gasteiger partial charge in [0, 0.05) is 5.56 Å². The highest BCUT2D eigenvalue weighted by Crippen LogP contribution is 2.26. The van der Waals surface area contributed by atoms with Gasteiger partial charge in [-0.2, -0.15) is 0 Å². The first-order valence-electron chi connectivity index (χ1n) is 11.3. The first-order valence-corrected chi connectivity index (χ1v) is 11.3. The topological polar surface area (TPSA) is 83.8 Å². The van der Waals surface area contributed by atoms with Gasteiger partial charge < -0.3 is 14.9 Å². The van der Waals surface area contributed by atoms with E-state index < -0.39 is 23.0 Å². The first-order chi connectivity index (χ1) is 14.9. The molecule has 2 aromatic carbocycles. The summed E-state index contributed by atoms with van der Waals surface area (Å²) in [7, 11) is 0. The summed E-state index contributed by atoms with van der Waals surface area (Å²) in [5.41, 5.74) is 4.57. The number of carbonyl (C=O) groups is 2. The lowest BCUT2D eigenvalue weighted by Crippen LogP contribution is -2.26. The van der Waals surface area contributed by atoms with Gasteiger partial charge in [0.05, 0.1) is 11.2 Å². The van der Waals surface area contributed by atoms with E-state index in [0.717, 1.165) is 33.4 Å². The van der Waals surface area contributed by atoms with E-state index in [1.165, 1.54) is 0 Å². The third kappa shape index (κ3) is 9.48. The smallest absolute Gasteiger partial charge is 0.385 e. The summed E-state index contributed by atoms with van der Waals surface area (Å²) >= 11 is 0. The van der Waals surface area contributed by atoms with Crippen molar-refractivity contribution in [3.63, 3.8) is 0 Å². The average molecular weight is 457 g/mol. The summed E-state index contributed by atoms with van der Waals surface area (Å²) in [6, 6.07) is 7.66. The maximum atomic E-state index is 12.5. The largest absolute Gasteiger partial charge is 0.420 e. The van der Waals surface area contributed by atoms with E-state index in [2.05, 4.69) is 0 Å². The molecule has 0 spiro atoms. The predicted molar refractivity (Wildman–Crippen MR) is 133 cm³/mol. The van der Waals surface area contributed by atoms with Crippen LogP contribution >= 0.6 is 0 Å². The molecule has 0 aliphatic carbocycles. The fraction of sp³-hybridized carbons (Fsp3) is 0.500. The van der Waals surface area contributed by atoms with E-state index in [-0.39, 0.29) is 0 Å². The molecule has 33 heavy (non-hydrogen) atoms. The number of ketones is 1. The van der Waals surface area contributed by atoms with Crippen molar-refractivity contribution >= 4 is 11.8 Å². The molecule has 2 rings (SSSR count). The summed E-state index contributed by atoms with van der Waals surface area (Å²) in [4.78, 5) is 24.8. The molecule has 0 aliphatic heterocycles. The van der Waals surface area contributed by atoms with Crippen LogP contribution in [0, 0.1) is 41.5 Å². The highest BCUT2D eigenvalue weighted by molar-refractivity contribution is 6.41. The lowest BCUT2D eigenvalue weighted by atomic mass is 9.94. The number of ether oxygens (including phenoxy) is 1. The molecule has 0 heterocycles. The van der Waals surface area contributed by atoms with Gasteiger partial charge in [-0.1, -0.05) is 35.4 Å². The van der Waals surface area contributed by atoms with Crippen LogP contribution in [0.15, 0.2) is 24.3 Å². The standard InChI is InChI=1S/C20H22O3.C8H18O2/c1-11-7-13(3)17(14(4)8-11)18(21)20(22)23-19-15(5)9-12(2)10-16(19)6;1-7(2,9)5-6-8(3,4)10/h7-10H,1-6H3;9-10H,5-6H2,1-4H3. The second-order valence-corrected chi connectivity index (χ2v) is 10.3. The van der Waals surface area contributed by atoms with E-state index in [4.69, 9.17) is 4.74 Å². The third-order valence-corrected chi connectivity index (χ3v) is 5.24. The normalized spacial score (nSPS) is 11.5. The molecular weight excluding hydrogens is 416 g/mol. The highest BCUT2D eigenvalue weighted by Gasteiger charge is 2.24. The molecule has 0 saturated carbocycles. The minimum atomic E-state index is -0.838. The molecule has 0 aliphatic rings. The van der Waals surface area contributed by atoms with Gasteiger partial charge in [0.1, 0.15) is 5.75 Å². The molecule has 0 atom stereocenters.